The maximum absolute atomic E-state index is 11.4. The Kier molecular flexibility index (Phi) is 16.9. The Balaban J connectivity index is 0.000000419. The molecule has 0 aliphatic heterocycles. The molecule has 0 amide bonds. The Bertz CT molecular complexity index is 1360. The fourth-order valence-corrected chi connectivity index (χ4v) is 4.63. The van der Waals surface area contributed by atoms with Crippen LogP contribution in [0.1, 0.15) is 109 Å². The Hall–Kier alpha value is -3.78. The fraction of sp³-hybridized carbons (Fsp3) is 0.457. The van der Waals surface area contributed by atoms with Gasteiger partial charge in [-0.3, -0.25) is 9.89 Å². The molecule has 0 aliphatic carbocycles. The number of benzene rings is 2. The molecule has 0 saturated heterocycles. The molecule has 8 nitrogen and oxygen atoms in total. The number of hydrogen-bond acceptors (Lipinski definition) is 6. The molecule has 2 aromatic heterocycles. The number of nitrogens with zero attached hydrogens (tertiary/aromatic N) is 3. The lowest BCUT2D eigenvalue weighted by molar-refractivity contribution is -0.143. The molecular formula is C35H53ClN6O2. The molecule has 1 atom stereocenters. The van der Waals surface area contributed by atoms with Crippen LogP contribution in [0.2, 0.25) is 5.02 Å². The fourth-order valence-electron chi connectivity index (χ4n) is 4.50. The van der Waals surface area contributed by atoms with Gasteiger partial charge in [-0.05, 0) is 49.9 Å². The van der Waals surface area contributed by atoms with E-state index in [0.29, 0.717) is 48.6 Å². The summed E-state index contributed by atoms with van der Waals surface area (Å²) in [6, 6.07) is 20.1. The molecule has 0 saturated carbocycles. The summed E-state index contributed by atoms with van der Waals surface area (Å²) >= 11 is 5.96. The van der Waals surface area contributed by atoms with Crippen LogP contribution < -0.4 is 11.5 Å². The van der Waals surface area contributed by atoms with Crippen molar-refractivity contribution in [2.45, 2.75) is 99.5 Å². The quantitative estimate of drug-likeness (QED) is 0.152. The molecule has 0 aliphatic rings. The van der Waals surface area contributed by atoms with Crippen LogP contribution in [-0.4, -0.2) is 32.6 Å². The molecule has 2 heterocycles. The van der Waals surface area contributed by atoms with Gasteiger partial charge in [0.15, 0.2) is 0 Å². The molecule has 9 heteroatoms. The summed E-state index contributed by atoms with van der Waals surface area (Å²) < 4.78 is 6.67. The second-order valence-corrected chi connectivity index (χ2v) is 10.8. The third kappa shape index (κ3) is 11.4. The van der Waals surface area contributed by atoms with Crippen molar-refractivity contribution in [3.05, 3.63) is 93.8 Å². The van der Waals surface area contributed by atoms with E-state index in [0.717, 1.165) is 23.4 Å². The number of esters is 1. The first kappa shape index (κ1) is 38.2. The number of nitrogens with two attached hydrogens (primary N) is 2. The lowest BCUT2D eigenvalue weighted by atomic mass is 9.82. The second-order valence-electron chi connectivity index (χ2n) is 10.3. The van der Waals surface area contributed by atoms with Crippen molar-refractivity contribution in [1.82, 2.24) is 20.0 Å². The molecule has 242 valence electrons. The largest absolute Gasteiger partial charge is 0.466 e. The van der Waals surface area contributed by atoms with Crippen molar-refractivity contribution >= 4 is 29.2 Å². The zero-order valence-corrected chi connectivity index (χ0v) is 28.8. The smallest absolute Gasteiger partial charge is 0.305 e. The van der Waals surface area contributed by atoms with E-state index in [4.69, 9.17) is 27.8 Å². The number of carbonyl (C=O) groups excluding carboxylic acids is 1. The number of nitrogen functional groups attached to an aromatic ring is 2. The van der Waals surface area contributed by atoms with E-state index in [1.54, 1.807) is 11.6 Å². The Morgan fingerprint density at radius 2 is 1.61 bits per heavy atom. The van der Waals surface area contributed by atoms with Crippen molar-refractivity contribution in [3.8, 4) is 0 Å². The Labute approximate surface area is 269 Å². The Morgan fingerprint density at radius 1 is 1.00 bits per heavy atom. The predicted molar refractivity (Wildman–Crippen MR) is 185 cm³/mol. The number of aromatic amines is 1. The number of anilines is 2. The van der Waals surface area contributed by atoms with Crippen LogP contribution in [0.15, 0.2) is 60.7 Å². The van der Waals surface area contributed by atoms with E-state index in [9.17, 15) is 4.79 Å². The highest BCUT2D eigenvalue weighted by Gasteiger charge is 2.27. The van der Waals surface area contributed by atoms with E-state index in [-0.39, 0.29) is 11.4 Å². The Morgan fingerprint density at radius 3 is 2.14 bits per heavy atom. The van der Waals surface area contributed by atoms with Crippen LogP contribution in [0, 0.1) is 6.92 Å². The third-order valence-corrected chi connectivity index (χ3v) is 7.21. The number of aryl methyl sites for hydroxylation is 2. The maximum atomic E-state index is 11.4. The number of H-pyrrole nitrogens is 1. The van der Waals surface area contributed by atoms with Crippen molar-refractivity contribution in [3.63, 3.8) is 0 Å². The monoisotopic (exact) mass is 624 g/mol. The van der Waals surface area contributed by atoms with Gasteiger partial charge in [0.25, 0.3) is 0 Å². The topological polar surface area (TPSA) is 125 Å². The zero-order chi connectivity index (χ0) is 33.3. The van der Waals surface area contributed by atoms with Crippen LogP contribution >= 0.6 is 11.6 Å². The van der Waals surface area contributed by atoms with Crippen LogP contribution in [0.3, 0.4) is 0 Å². The molecule has 4 rings (SSSR count). The number of nitrogens with one attached hydrogen (secondary N) is 1. The van der Waals surface area contributed by atoms with Gasteiger partial charge in [0.2, 0.25) is 0 Å². The number of ether oxygens (including phenoxy) is 1. The summed E-state index contributed by atoms with van der Waals surface area (Å²) in [4.78, 5) is 11.4. The summed E-state index contributed by atoms with van der Waals surface area (Å²) in [5, 5.41) is 12.3. The van der Waals surface area contributed by atoms with E-state index in [1.165, 1.54) is 11.1 Å². The first-order valence-corrected chi connectivity index (χ1v) is 16.1. The van der Waals surface area contributed by atoms with Crippen molar-refractivity contribution < 1.29 is 9.53 Å². The van der Waals surface area contributed by atoms with Gasteiger partial charge in [0, 0.05) is 47.1 Å². The SMILES string of the molecule is CC.CC.CCC(c1ccc(C)cc1)c1cc(N)n[nH]1.CCOC(=O)CCCn1nc(C(C)(C)c2ccc(Cl)cc2)cc1N. The predicted octanol–water partition coefficient (Wildman–Crippen LogP) is 8.68. The van der Waals surface area contributed by atoms with Crippen LogP contribution in [0.4, 0.5) is 11.6 Å². The number of halogens is 1. The molecule has 5 N–H and O–H groups in total. The van der Waals surface area contributed by atoms with Gasteiger partial charge in [-0.2, -0.15) is 10.2 Å². The standard InChI is InChI=1S/C18H24ClN3O2.C13H17N3.2C2H6/c1-4-24-17(23)6-5-11-22-16(20)12-15(21-22)18(2,3)13-7-9-14(19)10-8-13;1-3-11(12-8-13(14)16-15-12)10-6-4-9(2)5-7-10;2*1-2/h7-10,12H,4-6,11,20H2,1-3H3;4-8,11H,3H2,1-2H3,(H3,14,15,16);2*1-2H3. The summed E-state index contributed by atoms with van der Waals surface area (Å²) in [5.41, 5.74) is 17.1. The van der Waals surface area contributed by atoms with E-state index in [1.807, 2.05) is 64.1 Å². The average molecular weight is 625 g/mol. The zero-order valence-electron chi connectivity index (χ0n) is 28.1. The van der Waals surface area contributed by atoms with Crippen molar-refractivity contribution in [2.24, 2.45) is 0 Å². The molecule has 44 heavy (non-hydrogen) atoms. The highest BCUT2D eigenvalue weighted by Crippen LogP contribution is 2.32. The molecule has 1 unspecified atom stereocenters. The number of rotatable bonds is 10. The molecule has 2 aromatic carbocycles. The number of aromatic nitrogens is 4. The van der Waals surface area contributed by atoms with Crippen LogP contribution in [0.25, 0.3) is 0 Å². The van der Waals surface area contributed by atoms with Gasteiger partial charge < -0.3 is 16.2 Å². The van der Waals surface area contributed by atoms with Crippen molar-refractivity contribution in [2.75, 3.05) is 18.1 Å². The average Bonchev–Trinajstić information content (AvgIpc) is 3.62. The van der Waals surface area contributed by atoms with Crippen LogP contribution in [-0.2, 0) is 21.5 Å². The summed E-state index contributed by atoms with van der Waals surface area (Å²) in [6.45, 7) is 19.3. The summed E-state index contributed by atoms with van der Waals surface area (Å²) in [7, 11) is 0. The molecule has 0 bridgehead atoms. The normalized spacial score (nSPS) is 11.1. The van der Waals surface area contributed by atoms with Gasteiger partial charge in [0.1, 0.15) is 11.6 Å². The summed E-state index contributed by atoms with van der Waals surface area (Å²) in [5.74, 6) is 1.31. The minimum Gasteiger partial charge on any atom is -0.466 e. The van der Waals surface area contributed by atoms with Crippen LogP contribution in [0.5, 0.6) is 0 Å². The highest BCUT2D eigenvalue weighted by atomic mass is 35.5. The van der Waals surface area contributed by atoms with Gasteiger partial charge >= 0.3 is 5.97 Å². The van der Waals surface area contributed by atoms with Gasteiger partial charge in [-0.25, -0.2) is 4.68 Å². The first-order chi connectivity index (χ1) is 21.0. The number of hydrogen-bond donors (Lipinski definition) is 3. The highest BCUT2D eigenvalue weighted by molar-refractivity contribution is 6.30. The molecular weight excluding hydrogens is 572 g/mol. The summed E-state index contributed by atoms with van der Waals surface area (Å²) in [6.07, 6.45) is 2.04. The van der Waals surface area contributed by atoms with E-state index in [2.05, 4.69) is 67.3 Å². The van der Waals surface area contributed by atoms with E-state index < -0.39 is 0 Å². The molecule has 4 aromatic rings. The number of carbonyl (C=O) groups is 1. The molecule has 0 fully saturated rings. The van der Waals surface area contributed by atoms with Crippen molar-refractivity contribution in [1.29, 1.82) is 0 Å². The molecule has 0 spiro atoms. The maximum Gasteiger partial charge on any atom is 0.305 e. The van der Waals surface area contributed by atoms with Gasteiger partial charge in [0.05, 0.1) is 12.3 Å². The van der Waals surface area contributed by atoms with E-state index >= 15 is 0 Å². The lowest BCUT2D eigenvalue weighted by Gasteiger charge is -2.23. The first-order valence-electron chi connectivity index (χ1n) is 15.7. The minimum atomic E-state index is -0.287. The molecule has 0 radical (unpaired) electrons. The van der Waals surface area contributed by atoms with Gasteiger partial charge in [-0.1, -0.05) is 102 Å². The van der Waals surface area contributed by atoms with Gasteiger partial charge in [-0.15, -0.1) is 0 Å². The third-order valence-electron chi connectivity index (χ3n) is 6.95. The minimum absolute atomic E-state index is 0.190. The lowest BCUT2D eigenvalue weighted by Crippen LogP contribution is -2.20. The second kappa shape index (κ2) is 19.5.